The van der Waals surface area contributed by atoms with E-state index < -0.39 is 10.0 Å². The van der Waals surface area contributed by atoms with Crippen molar-refractivity contribution in [2.24, 2.45) is 7.05 Å². The van der Waals surface area contributed by atoms with E-state index in [-0.39, 0.29) is 12.1 Å². The summed E-state index contributed by atoms with van der Waals surface area (Å²) in [7, 11) is -1.71. The maximum absolute atomic E-state index is 13.3. The molecule has 2 unspecified atom stereocenters. The Morgan fingerprint density at radius 2 is 1.79 bits per heavy atom. The van der Waals surface area contributed by atoms with Gasteiger partial charge in [-0.1, -0.05) is 0 Å². The van der Waals surface area contributed by atoms with Gasteiger partial charge in [0.25, 0.3) is 0 Å². The monoisotopic (exact) mass is 349 g/mol. The van der Waals surface area contributed by atoms with Crippen LogP contribution in [0.15, 0.2) is 23.6 Å². The normalized spacial score (nSPS) is 27.7. The number of sulfonamides is 1. The molecule has 2 saturated heterocycles. The molecule has 24 heavy (non-hydrogen) atoms. The van der Waals surface area contributed by atoms with Gasteiger partial charge in [0.1, 0.15) is 4.90 Å². The maximum atomic E-state index is 13.3. The molecule has 0 amide bonds. The molecule has 2 bridgehead atoms. The first-order valence-corrected chi connectivity index (χ1v) is 9.84. The van der Waals surface area contributed by atoms with Crippen LogP contribution in [-0.2, 0) is 17.1 Å². The van der Waals surface area contributed by atoms with Crippen molar-refractivity contribution < 1.29 is 8.42 Å². The van der Waals surface area contributed by atoms with Gasteiger partial charge in [-0.3, -0.25) is 4.68 Å². The summed E-state index contributed by atoms with van der Waals surface area (Å²) in [6.45, 7) is 3.60. The van der Waals surface area contributed by atoms with Gasteiger partial charge in [-0.2, -0.15) is 9.40 Å². The molecule has 8 heteroatoms. The van der Waals surface area contributed by atoms with Gasteiger partial charge >= 0.3 is 0 Å². The van der Waals surface area contributed by atoms with E-state index in [1.54, 1.807) is 29.2 Å². The Kier molecular flexibility index (Phi) is 3.58. The highest BCUT2D eigenvalue weighted by molar-refractivity contribution is 7.89. The molecule has 2 fully saturated rings. The number of aromatic nitrogens is 4. The topological polar surface area (TPSA) is 73.0 Å². The van der Waals surface area contributed by atoms with Crippen molar-refractivity contribution >= 4 is 10.0 Å². The fourth-order valence-corrected chi connectivity index (χ4v) is 6.76. The molecular weight excluding hydrogens is 326 g/mol. The van der Waals surface area contributed by atoms with E-state index in [4.69, 9.17) is 0 Å². The second-order valence-electron chi connectivity index (χ2n) is 6.98. The number of rotatable bonds is 3. The molecule has 2 aromatic heterocycles. The number of piperidine rings is 1. The van der Waals surface area contributed by atoms with Crippen LogP contribution in [0.2, 0.25) is 0 Å². The Morgan fingerprint density at radius 1 is 1.12 bits per heavy atom. The van der Waals surface area contributed by atoms with Crippen molar-refractivity contribution in [3.8, 4) is 0 Å². The summed E-state index contributed by atoms with van der Waals surface area (Å²) in [4.78, 5) is 4.52. The van der Waals surface area contributed by atoms with E-state index in [0.29, 0.717) is 22.3 Å². The number of nitrogens with zero attached hydrogens (tertiary/aromatic N) is 5. The number of hydrogen-bond acceptors (Lipinski definition) is 4. The SMILES string of the molecule is Cc1nn(C)c(C)c1S(=O)(=O)N1C2CCC1CC(n1ccnc1)C2. The van der Waals surface area contributed by atoms with Crippen LogP contribution in [0.1, 0.15) is 43.1 Å². The van der Waals surface area contributed by atoms with Gasteiger partial charge in [-0.25, -0.2) is 13.4 Å². The minimum absolute atomic E-state index is 0.0696. The van der Waals surface area contributed by atoms with Crippen molar-refractivity contribution in [3.05, 3.63) is 30.1 Å². The zero-order valence-electron chi connectivity index (χ0n) is 14.3. The van der Waals surface area contributed by atoms with E-state index >= 15 is 0 Å². The van der Waals surface area contributed by atoms with Crippen molar-refractivity contribution in [1.29, 1.82) is 0 Å². The fraction of sp³-hybridized carbons (Fsp3) is 0.625. The summed E-state index contributed by atoms with van der Waals surface area (Å²) in [5.74, 6) is 0. The third kappa shape index (κ3) is 2.23. The van der Waals surface area contributed by atoms with Crippen LogP contribution in [-0.4, -0.2) is 44.1 Å². The lowest BCUT2D eigenvalue weighted by molar-refractivity contribution is 0.193. The van der Waals surface area contributed by atoms with Crippen molar-refractivity contribution in [2.45, 2.75) is 62.6 Å². The minimum Gasteiger partial charge on any atom is -0.334 e. The van der Waals surface area contributed by atoms with E-state index in [1.807, 2.05) is 19.4 Å². The second kappa shape index (κ2) is 5.42. The summed E-state index contributed by atoms with van der Waals surface area (Å²) in [5, 5.41) is 4.30. The van der Waals surface area contributed by atoms with Gasteiger partial charge < -0.3 is 4.57 Å². The maximum Gasteiger partial charge on any atom is 0.247 e. The molecule has 2 aliphatic heterocycles. The zero-order chi connectivity index (χ0) is 17.1. The number of aryl methyl sites for hydroxylation is 2. The minimum atomic E-state index is -3.51. The Balaban J connectivity index is 1.68. The molecule has 0 spiro atoms. The zero-order valence-corrected chi connectivity index (χ0v) is 15.1. The van der Waals surface area contributed by atoms with Crippen molar-refractivity contribution in [1.82, 2.24) is 23.6 Å². The highest BCUT2D eigenvalue weighted by Gasteiger charge is 2.48. The van der Waals surface area contributed by atoms with Crippen molar-refractivity contribution in [2.75, 3.05) is 0 Å². The molecular formula is C16H23N5O2S. The van der Waals surface area contributed by atoms with Crippen LogP contribution < -0.4 is 0 Å². The average Bonchev–Trinajstić information content (AvgIpc) is 3.19. The average molecular weight is 349 g/mol. The van der Waals surface area contributed by atoms with Crippen LogP contribution in [0.25, 0.3) is 0 Å². The van der Waals surface area contributed by atoms with Crippen LogP contribution in [0.5, 0.6) is 0 Å². The molecule has 4 heterocycles. The van der Waals surface area contributed by atoms with Gasteiger partial charge in [0.15, 0.2) is 0 Å². The summed E-state index contributed by atoms with van der Waals surface area (Å²) in [6, 6.07) is 0.479. The predicted molar refractivity (Wildman–Crippen MR) is 89.0 cm³/mol. The molecule has 0 N–H and O–H groups in total. The number of fused-ring (bicyclic) bond motifs is 2. The summed E-state index contributed by atoms with van der Waals surface area (Å²) in [6.07, 6.45) is 9.18. The van der Waals surface area contributed by atoms with Crippen LogP contribution in [0.4, 0.5) is 0 Å². The highest BCUT2D eigenvalue weighted by atomic mass is 32.2. The van der Waals surface area contributed by atoms with Gasteiger partial charge in [0.05, 0.1) is 17.7 Å². The molecule has 0 aromatic carbocycles. The molecule has 2 aromatic rings. The lowest BCUT2D eigenvalue weighted by atomic mass is 10.00. The summed E-state index contributed by atoms with van der Waals surface area (Å²) >= 11 is 0. The lowest BCUT2D eigenvalue weighted by Gasteiger charge is -2.38. The Bertz CT molecular complexity index is 841. The molecule has 0 aliphatic carbocycles. The van der Waals surface area contributed by atoms with E-state index in [1.165, 1.54) is 0 Å². The largest absolute Gasteiger partial charge is 0.334 e. The van der Waals surface area contributed by atoms with E-state index in [0.717, 1.165) is 25.7 Å². The van der Waals surface area contributed by atoms with Crippen LogP contribution in [0, 0.1) is 13.8 Å². The second-order valence-corrected chi connectivity index (χ2v) is 8.76. The first-order chi connectivity index (χ1) is 11.4. The third-order valence-electron chi connectivity index (χ3n) is 5.57. The molecule has 130 valence electrons. The molecule has 2 aliphatic rings. The molecule has 4 rings (SSSR count). The van der Waals surface area contributed by atoms with E-state index in [9.17, 15) is 8.42 Å². The van der Waals surface area contributed by atoms with Gasteiger partial charge in [0.2, 0.25) is 10.0 Å². The molecule has 7 nitrogen and oxygen atoms in total. The molecule has 0 radical (unpaired) electrons. The first kappa shape index (κ1) is 15.8. The summed E-state index contributed by atoms with van der Waals surface area (Å²) in [5.41, 5.74) is 1.30. The number of imidazole rings is 1. The van der Waals surface area contributed by atoms with Crippen LogP contribution >= 0.6 is 0 Å². The fourth-order valence-electron chi connectivity index (χ4n) is 4.46. The highest BCUT2D eigenvalue weighted by Crippen LogP contribution is 2.44. The van der Waals surface area contributed by atoms with Gasteiger partial charge in [0, 0.05) is 37.6 Å². The smallest absolute Gasteiger partial charge is 0.247 e. The van der Waals surface area contributed by atoms with Crippen molar-refractivity contribution in [3.63, 3.8) is 0 Å². The predicted octanol–water partition coefficient (Wildman–Crippen LogP) is 1.79. The standard InChI is InChI=1S/C16H23N5O2S/c1-11-16(12(2)19(3)18-11)24(22,23)21-13-4-5-14(21)9-15(8-13)20-7-6-17-10-20/h6-7,10,13-15H,4-5,8-9H2,1-3H3. The summed E-state index contributed by atoms with van der Waals surface area (Å²) < 4.78 is 32.3. The quantitative estimate of drug-likeness (QED) is 0.847. The molecule has 2 atom stereocenters. The first-order valence-electron chi connectivity index (χ1n) is 8.40. The Morgan fingerprint density at radius 3 is 2.29 bits per heavy atom. The Hall–Kier alpha value is -1.67. The third-order valence-corrected chi connectivity index (χ3v) is 7.82. The lowest BCUT2D eigenvalue weighted by Crippen LogP contribution is -2.46. The van der Waals surface area contributed by atoms with E-state index in [2.05, 4.69) is 14.6 Å². The Labute approximate surface area is 142 Å². The van der Waals surface area contributed by atoms with Crippen LogP contribution in [0.3, 0.4) is 0 Å². The van der Waals surface area contributed by atoms with Gasteiger partial charge in [-0.15, -0.1) is 0 Å². The number of hydrogen-bond donors (Lipinski definition) is 0. The van der Waals surface area contributed by atoms with Gasteiger partial charge in [-0.05, 0) is 39.5 Å². The molecule has 0 saturated carbocycles.